The second-order valence-corrected chi connectivity index (χ2v) is 6.26. The number of sulfonamides is 1. The second kappa shape index (κ2) is 7.47. The third-order valence-corrected chi connectivity index (χ3v) is 3.12. The lowest BCUT2D eigenvalue weighted by atomic mass is 10.1. The zero-order valence-electron chi connectivity index (χ0n) is 11.6. The molecule has 0 aliphatic heterocycles. The molecule has 8 heteroatoms. The van der Waals surface area contributed by atoms with E-state index in [2.05, 4.69) is 10.0 Å². The van der Waals surface area contributed by atoms with E-state index in [1.807, 2.05) is 0 Å². The standard InChI is InChI=1S/C12H19N3O3S.ClH/c1-8-4-5-10(12(16)14-9(2)7-13)6-11(8)15-19(3,17)18;/h4-6,9,15H,7,13H2,1-3H3,(H,14,16);1H/t9-;/m0./s1. The van der Waals surface area contributed by atoms with Crippen LogP contribution in [0, 0.1) is 6.92 Å². The average molecular weight is 322 g/mol. The summed E-state index contributed by atoms with van der Waals surface area (Å²) >= 11 is 0. The number of carbonyl (C=O) groups excluding carboxylic acids is 1. The Hall–Kier alpha value is -1.31. The van der Waals surface area contributed by atoms with E-state index in [4.69, 9.17) is 5.73 Å². The van der Waals surface area contributed by atoms with E-state index < -0.39 is 10.0 Å². The number of nitrogens with one attached hydrogen (secondary N) is 2. The van der Waals surface area contributed by atoms with Crippen LogP contribution in [0.1, 0.15) is 22.8 Å². The molecule has 1 aromatic rings. The zero-order chi connectivity index (χ0) is 14.6. The van der Waals surface area contributed by atoms with E-state index in [0.717, 1.165) is 11.8 Å². The van der Waals surface area contributed by atoms with Gasteiger partial charge in [0, 0.05) is 18.2 Å². The predicted octanol–water partition coefficient (Wildman–Crippen LogP) is 0.865. The molecule has 0 radical (unpaired) electrons. The van der Waals surface area contributed by atoms with Crippen molar-refractivity contribution in [2.75, 3.05) is 17.5 Å². The van der Waals surface area contributed by atoms with Crippen LogP contribution >= 0.6 is 12.4 Å². The van der Waals surface area contributed by atoms with Crippen LogP contribution in [0.25, 0.3) is 0 Å². The Morgan fingerprint density at radius 2 is 2.00 bits per heavy atom. The summed E-state index contributed by atoms with van der Waals surface area (Å²) in [6.45, 7) is 3.89. The molecule has 0 fully saturated rings. The van der Waals surface area contributed by atoms with Gasteiger partial charge in [0.25, 0.3) is 5.91 Å². The first-order chi connectivity index (χ1) is 8.73. The highest BCUT2D eigenvalue weighted by molar-refractivity contribution is 7.92. The van der Waals surface area contributed by atoms with Gasteiger partial charge in [-0.1, -0.05) is 6.07 Å². The third-order valence-electron chi connectivity index (χ3n) is 2.53. The van der Waals surface area contributed by atoms with Crippen LogP contribution in [0.3, 0.4) is 0 Å². The molecule has 6 nitrogen and oxygen atoms in total. The normalized spacial score (nSPS) is 12.2. The third kappa shape index (κ3) is 5.77. The minimum Gasteiger partial charge on any atom is -0.348 e. The monoisotopic (exact) mass is 321 g/mol. The maximum atomic E-state index is 11.9. The molecule has 0 aromatic heterocycles. The van der Waals surface area contributed by atoms with Crippen LogP contribution in [-0.4, -0.2) is 33.2 Å². The van der Waals surface area contributed by atoms with Gasteiger partial charge in [-0.15, -0.1) is 12.4 Å². The minimum atomic E-state index is -3.37. The first-order valence-electron chi connectivity index (χ1n) is 5.82. The fourth-order valence-corrected chi connectivity index (χ4v) is 2.06. The molecule has 20 heavy (non-hydrogen) atoms. The van der Waals surface area contributed by atoms with E-state index in [-0.39, 0.29) is 24.4 Å². The Bertz CT molecular complexity index is 575. The Labute approximate surface area is 125 Å². The molecule has 0 saturated carbocycles. The lowest BCUT2D eigenvalue weighted by molar-refractivity contribution is 0.0941. The second-order valence-electron chi connectivity index (χ2n) is 4.51. The molecule has 0 spiro atoms. The lowest BCUT2D eigenvalue weighted by Crippen LogP contribution is -2.37. The molecule has 1 aromatic carbocycles. The molecule has 0 bridgehead atoms. The fourth-order valence-electron chi connectivity index (χ4n) is 1.44. The highest BCUT2D eigenvalue weighted by Gasteiger charge is 2.12. The minimum absolute atomic E-state index is 0. The van der Waals surface area contributed by atoms with E-state index in [1.165, 1.54) is 6.07 Å². The Balaban J connectivity index is 0.00000361. The molecule has 1 atom stereocenters. The largest absolute Gasteiger partial charge is 0.348 e. The Morgan fingerprint density at radius 1 is 1.40 bits per heavy atom. The number of nitrogens with two attached hydrogens (primary N) is 1. The van der Waals surface area contributed by atoms with Crippen LogP contribution < -0.4 is 15.8 Å². The number of amides is 1. The molecule has 4 N–H and O–H groups in total. The van der Waals surface area contributed by atoms with Crippen LogP contribution in [-0.2, 0) is 10.0 Å². The molecule has 0 unspecified atom stereocenters. The molecular weight excluding hydrogens is 302 g/mol. The first-order valence-corrected chi connectivity index (χ1v) is 7.71. The Kier molecular flexibility index (Phi) is 6.98. The lowest BCUT2D eigenvalue weighted by Gasteiger charge is -2.13. The molecule has 1 amide bonds. The fraction of sp³-hybridized carbons (Fsp3) is 0.417. The van der Waals surface area contributed by atoms with Crippen molar-refractivity contribution in [3.63, 3.8) is 0 Å². The molecule has 114 valence electrons. The maximum absolute atomic E-state index is 11.9. The number of hydrogen-bond donors (Lipinski definition) is 3. The number of aryl methyl sites for hydroxylation is 1. The average Bonchev–Trinajstić information content (AvgIpc) is 2.29. The summed E-state index contributed by atoms with van der Waals surface area (Å²) in [6.07, 6.45) is 1.07. The zero-order valence-corrected chi connectivity index (χ0v) is 13.3. The topological polar surface area (TPSA) is 101 Å². The van der Waals surface area contributed by atoms with Crippen molar-refractivity contribution in [3.05, 3.63) is 29.3 Å². The van der Waals surface area contributed by atoms with Gasteiger partial charge < -0.3 is 11.1 Å². The van der Waals surface area contributed by atoms with Gasteiger partial charge in [-0.25, -0.2) is 8.42 Å². The highest BCUT2D eigenvalue weighted by atomic mass is 35.5. The van der Waals surface area contributed by atoms with Gasteiger partial charge in [-0.3, -0.25) is 9.52 Å². The first kappa shape index (κ1) is 18.7. The van der Waals surface area contributed by atoms with E-state index in [0.29, 0.717) is 17.8 Å². The van der Waals surface area contributed by atoms with E-state index in [1.54, 1.807) is 26.0 Å². The van der Waals surface area contributed by atoms with Gasteiger partial charge in [-0.2, -0.15) is 0 Å². The van der Waals surface area contributed by atoms with E-state index in [9.17, 15) is 13.2 Å². The van der Waals surface area contributed by atoms with Gasteiger partial charge in [0.05, 0.1) is 11.9 Å². The summed E-state index contributed by atoms with van der Waals surface area (Å²) < 4.78 is 24.8. The van der Waals surface area contributed by atoms with Gasteiger partial charge in [0.2, 0.25) is 10.0 Å². The SMILES string of the molecule is Cc1ccc(C(=O)N[C@@H](C)CN)cc1NS(C)(=O)=O.Cl. The van der Waals surface area contributed by atoms with Crippen molar-refractivity contribution < 1.29 is 13.2 Å². The number of carbonyl (C=O) groups is 1. The van der Waals surface area contributed by atoms with Gasteiger partial charge >= 0.3 is 0 Å². The maximum Gasteiger partial charge on any atom is 0.251 e. The summed E-state index contributed by atoms with van der Waals surface area (Å²) in [5.74, 6) is -0.283. The summed E-state index contributed by atoms with van der Waals surface area (Å²) in [4.78, 5) is 11.9. The molecule has 0 aliphatic rings. The number of rotatable bonds is 5. The van der Waals surface area contributed by atoms with Gasteiger partial charge in [0.1, 0.15) is 0 Å². The van der Waals surface area contributed by atoms with Crippen LogP contribution in [0.2, 0.25) is 0 Å². The van der Waals surface area contributed by atoms with E-state index >= 15 is 0 Å². The summed E-state index contributed by atoms with van der Waals surface area (Å²) in [6, 6.07) is 4.70. The molecular formula is C12H20ClN3O3S. The number of benzene rings is 1. The predicted molar refractivity (Wildman–Crippen MR) is 82.9 cm³/mol. The van der Waals surface area contributed by atoms with Crippen LogP contribution in [0.5, 0.6) is 0 Å². The van der Waals surface area contributed by atoms with Crippen molar-refractivity contribution in [2.45, 2.75) is 19.9 Å². The van der Waals surface area contributed by atoms with Crippen LogP contribution in [0.15, 0.2) is 18.2 Å². The van der Waals surface area contributed by atoms with Crippen molar-refractivity contribution in [2.24, 2.45) is 5.73 Å². The summed E-state index contributed by atoms with van der Waals surface area (Å²) in [5, 5.41) is 2.71. The van der Waals surface area contributed by atoms with Crippen molar-refractivity contribution in [1.29, 1.82) is 0 Å². The van der Waals surface area contributed by atoms with Crippen molar-refractivity contribution >= 4 is 34.0 Å². The van der Waals surface area contributed by atoms with Crippen molar-refractivity contribution in [1.82, 2.24) is 5.32 Å². The smallest absolute Gasteiger partial charge is 0.251 e. The van der Waals surface area contributed by atoms with Crippen LogP contribution in [0.4, 0.5) is 5.69 Å². The van der Waals surface area contributed by atoms with Gasteiger partial charge in [-0.05, 0) is 31.5 Å². The van der Waals surface area contributed by atoms with Crippen molar-refractivity contribution in [3.8, 4) is 0 Å². The molecule has 0 aliphatic carbocycles. The quantitative estimate of drug-likeness (QED) is 0.748. The number of anilines is 1. The number of hydrogen-bond acceptors (Lipinski definition) is 4. The molecule has 0 saturated heterocycles. The van der Waals surface area contributed by atoms with Gasteiger partial charge in [0.15, 0.2) is 0 Å². The highest BCUT2D eigenvalue weighted by Crippen LogP contribution is 2.18. The summed E-state index contributed by atoms with van der Waals surface area (Å²) in [7, 11) is -3.37. The molecule has 0 heterocycles. The molecule has 1 rings (SSSR count). The Morgan fingerprint density at radius 3 is 2.50 bits per heavy atom. The summed E-state index contributed by atoms with van der Waals surface area (Å²) in [5.41, 5.74) is 6.96. The number of halogens is 1.